The summed E-state index contributed by atoms with van der Waals surface area (Å²) in [5.74, 6) is 0.403. The molecule has 7 heteroatoms. The fourth-order valence-electron chi connectivity index (χ4n) is 3.84. The molecule has 33 heavy (non-hydrogen) atoms. The van der Waals surface area contributed by atoms with Crippen LogP contribution in [0.2, 0.25) is 0 Å². The van der Waals surface area contributed by atoms with Gasteiger partial charge in [-0.3, -0.25) is 4.79 Å². The summed E-state index contributed by atoms with van der Waals surface area (Å²) in [6.45, 7) is 0. The summed E-state index contributed by atoms with van der Waals surface area (Å²) < 4.78 is 11.9. The van der Waals surface area contributed by atoms with Gasteiger partial charge in [0, 0.05) is 18.3 Å². The Balaban J connectivity index is 1.33. The van der Waals surface area contributed by atoms with Gasteiger partial charge < -0.3 is 19.9 Å². The lowest BCUT2D eigenvalue weighted by Gasteiger charge is -2.23. The van der Waals surface area contributed by atoms with Gasteiger partial charge >= 0.3 is 5.97 Å². The number of carboxylic acid groups (broad SMARTS) is 1. The highest BCUT2D eigenvalue weighted by molar-refractivity contribution is 6.00. The Morgan fingerprint density at radius 3 is 2.52 bits per heavy atom. The van der Waals surface area contributed by atoms with Crippen molar-refractivity contribution in [2.45, 2.75) is 44.6 Å². The summed E-state index contributed by atoms with van der Waals surface area (Å²) in [6, 6.07) is 17.3. The van der Waals surface area contributed by atoms with Crippen LogP contribution in [0.25, 0.3) is 0 Å². The first kappa shape index (κ1) is 22.3. The minimum atomic E-state index is -1.10. The van der Waals surface area contributed by atoms with E-state index in [2.05, 4.69) is 10.3 Å². The average Bonchev–Trinajstić information content (AvgIpc) is 2.81. The van der Waals surface area contributed by atoms with E-state index in [0.29, 0.717) is 17.2 Å². The number of carbonyl (C=O) groups excluding carboxylic acids is 1. The molecule has 1 amide bonds. The van der Waals surface area contributed by atoms with Gasteiger partial charge in [-0.15, -0.1) is 0 Å². The number of hydrogen-bond donors (Lipinski definition) is 2. The Labute approximate surface area is 192 Å². The van der Waals surface area contributed by atoms with Crippen molar-refractivity contribution in [2.75, 3.05) is 5.32 Å². The number of nitrogens with one attached hydrogen (secondary N) is 1. The third-order valence-corrected chi connectivity index (χ3v) is 5.48. The molecule has 3 aromatic rings. The van der Waals surface area contributed by atoms with Crippen molar-refractivity contribution in [1.82, 2.24) is 4.98 Å². The lowest BCUT2D eigenvalue weighted by Crippen LogP contribution is -2.19. The first-order valence-electron chi connectivity index (χ1n) is 11.1. The molecule has 1 aliphatic carbocycles. The molecule has 170 valence electrons. The summed E-state index contributed by atoms with van der Waals surface area (Å²) in [5, 5.41) is 11.9. The Morgan fingerprint density at radius 1 is 0.970 bits per heavy atom. The first-order valence-corrected chi connectivity index (χ1v) is 11.1. The highest BCUT2D eigenvalue weighted by Gasteiger charge is 2.15. The molecule has 0 aliphatic heterocycles. The first-order chi connectivity index (χ1) is 16.1. The fourth-order valence-corrected chi connectivity index (χ4v) is 3.84. The van der Waals surface area contributed by atoms with Crippen LogP contribution in [-0.4, -0.2) is 28.1 Å². The molecule has 0 saturated heterocycles. The molecule has 1 fully saturated rings. The molecule has 2 aromatic carbocycles. The second kappa shape index (κ2) is 10.6. The van der Waals surface area contributed by atoms with Crippen LogP contribution in [0, 0.1) is 0 Å². The summed E-state index contributed by atoms with van der Waals surface area (Å²) >= 11 is 0. The van der Waals surface area contributed by atoms with Gasteiger partial charge in [-0.2, -0.15) is 0 Å². The third-order valence-electron chi connectivity index (χ3n) is 5.48. The Morgan fingerprint density at radius 2 is 1.76 bits per heavy atom. The van der Waals surface area contributed by atoms with Gasteiger partial charge in [0.05, 0.1) is 23.8 Å². The molecule has 1 aliphatic rings. The van der Waals surface area contributed by atoms with Crippen LogP contribution in [0.5, 0.6) is 17.4 Å². The van der Waals surface area contributed by atoms with E-state index in [9.17, 15) is 14.7 Å². The molecule has 0 radical (unpaired) electrons. The van der Waals surface area contributed by atoms with E-state index in [1.54, 1.807) is 36.5 Å². The Bertz CT molecular complexity index is 1110. The van der Waals surface area contributed by atoms with Crippen molar-refractivity contribution >= 4 is 17.6 Å². The normalized spacial score (nSPS) is 13.8. The number of carboxylic acids is 1. The number of hydrogen-bond acceptors (Lipinski definition) is 5. The maximum Gasteiger partial charge on any atom is 0.337 e. The highest BCUT2D eigenvalue weighted by Crippen LogP contribution is 2.28. The number of carbonyl (C=O) groups is 2. The number of aromatic carboxylic acids is 1. The van der Waals surface area contributed by atoms with Crippen molar-refractivity contribution in [3.05, 3.63) is 78.0 Å². The van der Waals surface area contributed by atoms with E-state index < -0.39 is 5.97 Å². The summed E-state index contributed by atoms with van der Waals surface area (Å²) in [5.41, 5.74) is 0.989. The molecule has 1 heterocycles. The molecule has 0 atom stereocenters. The van der Waals surface area contributed by atoms with E-state index >= 15 is 0 Å². The van der Waals surface area contributed by atoms with Crippen LogP contribution < -0.4 is 14.8 Å². The van der Waals surface area contributed by atoms with Crippen LogP contribution in [0.4, 0.5) is 5.69 Å². The molecular weight excluding hydrogens is 420 g/mol. The molecule has 1 aromatic heterocycles. The van der Waals surface area contributed by atoms with Crippen LogP contribution in [0.1, 0.15) is 48.0 Å². The zero-order chi connectivity index (χ0) is 23.0. The zero-order valence-electron chi connectivity index (χ0n) is 18.2. The largest absolute Gasteiger partial charge is 0.490 e. The van der Waals surface area contributed by atoms with Crippen molar-refractivity contribution in [1.29, 1.82) is 0 Å². The number of para-hydroxylation sites is 1. The van der Waals surface area contributed by atoms with Crippen LogP contribution in [-0.2, 0) is 11.2 Å². The average molecular weight is 447 g/mol. The van der Waals surface area contributed by atoms with E-state index in [1.807, 2.05) is 24.3 Å². The quantitative estimate of drug-likeness (QED) is 0.476. The number of ether oxygens (including phenoxy) is 2. The maximum absolute atomic E-state index is 12.4. The molecule has 0 spiro atoms. The lowest BCUT2D eigenvalue weighted by atomic mass is 9.98. The number of rotatable bonds is 8. The van der Waals surface area contributed by atoms with Crippen LogP contribution in [0.3, 0.4) is 0 Å². The van der Waals surface area contributed by atoms with Crippen molar-refractivity contribution in [3.8, 4) is 17.4 Å². The van der Waals surface area contributed by atoms with Crippen LogP contribution in [0.15, 0.2) is 66.9 Å². The topological polar surface area (TPSA) is 97.8 Å². The predicted octanol–water partition coefficient (Wildman–Crippen LogP) is 5.46. The highest BCUT2D eigenvalue weighted by atomic mass is 16.5. The second-order valence-corrected chi connectivity index (χ2v) is 8.04. The molecule has 1 saturated carbocycles. The fraction of sp³-hybridized carbons (Fsp3) is 0.269. The van der Waals surface area contributed by atoms with E-state index in [0.717, 1.165) is 18.6 Å². The van der Waals surface area contributed by atoms with Crippen molar-refractivity contribution in [3.63, 3.8) is 0 Å². The van der Waals surface area contributed by atoms with Gasteiger partial charge in [-0.1, -0.05) is 30.7 Å². The maximum atomic E-state index is 12.4. The number of pyridine rings is 1. The van der Waals surface area contributed by atoms with E-state index in [-0.39, 0.29) is 29.7 Å². The van der Waals surface area contributed by atoms with E-state index in [1.165, 1.54) is 25.3 Å². The Kier molecular flexibility index (Phi) is 7.19. The minimum absolute atomic E-state index is 0.0439. The van der Waals surface area contributed by atoms with Gasteiger partial charge in [-0.05, 0) is 55.5 Å². The lowest BCUT2D eigenvalue weighted by molar-refractivity contribution is -0.115. The summed E-state index contributed by atoms with van der Waals surface area (Å²) in [7, 11) is 0. The van der Waals surface area contributed by atoms with Gasteiger partial charge in [0.1, 0.15) is 11.5 Å². The molecule has 7 nitrogen and oxygen atoms in total. The van der Waals surface area contributed by atoms with Gasteiger partial charge in [0.15, 0.2) is 0 Å². The molecule has 0 bridgehead atoms. The molecule has 2 N–H and O–H groups in total. The molecule has 0 unspecified atom stereocenters. The number of amides is 1. The predicted molar refractivity (Wildman–Crippen MR) is 124 cm³/mol. The Hall–Kier alpha value is -3.87. The standard InChI is InChI=1S/C26H26N2O5/c29-24(28-23-12-5-4-11-22(23)26(30)31)15-18-13-14-25(27-17-18)33-21-10-6-9-20(16-21)32-19-7-2-1-3-8-19/h4-6,9-14,16-17,19H,1-3,7-8,15H2,(H,28,29)(H,30,31). The van der Waals surface area contributed by atoms with Crippen molar-refractivity contribution < 1.29 is 24.2 Å². The smallest absolute Gasteiger partial charge is 0.337 e. The number of aromatic nitrogens is 1. The van der Waals surface area contributed by atoms with Crippen molar-refractivity contribution in [2.24, 2.45) is 0 Å². The second-order valence-electron chi connectivity index (χ2n) is 8.04. The minimum Gasteiger partial charge on any atom is -0.490 e. The van der Waals surface area contributed by atoms with Gasteiger partial charge in [0.25, 0.3) is 0 Å². The van der Waals surface area contributed by atoms with Crippen LogP contribution >= 0.6 is 0 Å². The summed E-state index contributed by atoms with van der Waals surface area (Å²) in [4.78, 5) is 27.9. The number of benzene rings is 2. The SMILES string of the molecule is O=C(Cc1ccc(Oc2cccc(OC3CCCCC3)c2)nc1)Nc1ccccc1C(=O)O. The summed E-state index contributed by atoms with van der Waals surface area (Å²) in [6.07, 6.45) is 7.77. The third kappa shape index (κ3) is 6.32. The van der Waals surface area contributed by atoms with Gasteiger partial charge in [-0.25, -0.2) is 9.78 Å². The monoisotopic (exact) mass is 446 g/mol. The number of anilines is 1. The number of nitrogens with zero attached hydrogens (tertiary/aromatic N) is 1. The molecular formula is C26H26N2O5. The van der Waals surface area contributed by atoms with Gasteiger partial charge in [0.2, 0.25) is 11.8 Å². The zero-order valence-corrected chi connectivity index (χ0v) is 18.2. The van der Waals surface area contributed by atoms with E-state index in [4.69, 9.17) is 9.47 Å². The molecule has 4 rings (SSSR count).